The fourth-order valence-corrected chi connectivity index (χ4v) is 2.50. The predicted molar refractivity (Wildman–Crippen MR) is 69.2 cm³/mol. The van der Waals surface area contributed by atoms with E-state index in [4.69, 9.17) is 11.5 Å². The summed E-state index contributed by atoms with van der Waals surface area (Å²) in [7, 11) is -3.84. The van der Waals surface area contributed by atoms with E-state index >= 15 is 0 Å². The molecule has 6 nitrogen and oxygen atoms in total. The van der Waals surface area contributed by atoms with Gasteiger partial charge in [-0.3, -0.25) is 4.79 Å². The second-order valence-corrected chi connectivity index (χ2v) is 5.85. The molecule has 0 saturated carbocycles. The lowest BCUT2D eigenvalue weighted by atomic mass is 10.2. The smallest absolute Gasteiger partial charge is 0.240 e. The zero-order valence-corrected chi connectivity index (χ0v) is 11.3. The molecule has 0 heterocycles. The molecule has 1 rings (SSSR count). The molecule has 1 aromatic carbocycles. The third-order valence-corrected chi connectivity index (χ3v) is 4.00. The molecule has 0 radical (unpaired) electrons. The van der Waals surface area contributed by atoms with Crippen LogP contribution in [0.4, 0.5) is 10.1 Å². The summed E-state index contributed by atoms with van der Waals surface area (Å²) in [6.07, 6.45) is 0.352. The van der Waals surface area contributed by atoms with Crippen molar-refractivity contribution in [2.24, 2.45) is 5.73 Å². The van der Waals surface area contributed by atoms with Gasteiger partial charge in [0.05, 0.1) is 4.90 Å². The number of nitrogen functional groups attached to an aromatic ring is 1. The van der Waals surface area contributed by atoms with Crippen LogP contribution in [-0.2, 0) is 14.8 Å². The van der Waals surface area contributed by atoms with Crippen molar-refractivity contribution in [2.45, 2.75) is 24.7 Å². The van der Waals surface area contributed by atoms with Crippen LogP contribution in [0.2, 0.25) is 0 Å². The van der Waals surface area contributed by atoms with Gasteiger partial charge >= 0.3 is 0 Å². The first-order valence-corrected chi connectivity index (χ1v) is 7.06. The molecule has 0 aliphatic rings. The van der Waals surface area contributed by atoms with Gasteiger partial charge in [-0.25, -0.2) is 17.5 Å². The topological polar surface area (TPSA) is 115 Å². The van der Waals surface area contributed by atoms with Crippen molar-refractivity contribution in [1.29, 1.82) is 0 Å². The highest BCUT2D eigenvalue weighted by atomic mass is 32.2. The zero-order chi connectivity index (χ0) is 14.6. The molecular weight excluding hydrogens is 273 g/mol. The van der Waals surface area contributed by atoms with Gasteiger partial charge in [0, 0.05) is 24.2 Å². The normalized spacial score (nSPS) is 11.5. The van der Waals surface area contributed by atoms with E-state index in [2.05, 4.69) is 4.72 Å². The molecule has 1 amide bonds. The van der Waals surface area contributed by atoms with E-state index in [0.29, 0.717) is 0 Å². The van der Waals surface area contributed by atoms with E-state index in [1.807, 2.05) is 0 Å². The maximum atomic E-state index is 13.4. The number of carbonyl (C=O) groups is 1. The summed E-state index contributed by atoms with van der Waals surface area (Å²) < 4.78 is 39.4. The number of nitrogens with one attached hydrogen (secondary N) is 1. The fraction of sp³-hybridized carbons (Fsp3) is 0.364. The van der Waals surface area contributed by atoms with Crippen molar-refractivity contribution < 1.29 is 17.6 Å². The molecule has 0 bridgehead atoms. The molecule has 19 heavy (non-hydrogen) atoms. The predicted octanol–water partition coefficient (Wildman–Crippen LogP) is 0.260. The molecule has 106 valence electrons. The Hall–Kier alpha value is -1.67. The highest BCUT2D eigenvalue weighted by Crippen LogP contribution is 2.20. The van der Waals surface area contributed by atoms with Gasteiger partial charge in [0.15, 0.2) is 0 Å². The number of carbonyl (C=O) groups excluding carboxylic acids is 1. The van der Waals surface area contributed by atoms with Gasteiger partial charge in [-0.1, -0.05) is 0 Å². The van der Waals surface area contributed by atoms with Crippen LogP contribution in [0, 0.1) is 12.7 Å². The average molecular weight is 289 g/mol. The standard InChI is InChI=1S/C11H16FN3O3S/c1-7-9(12)5-8(6-10(7)13)19(17,18)15-4-2-3-11(14)16/h5-6,15H,2-4,13H2,1H3,(H2,14,16). The van der Waals surface area contributed by atoms with Crippen LogP contribution in [-0.4, -0.2) is 20.9 Å². The first-order valence-electron chi connectivity index (χ1n) is 5.57. The molecule has 8 heteroatoms. The number of hydrogen-bond donors (Lipinski definition) is 3. The first-order chi connectivity index (χ1) is 8.74. The van der Waals surface area contributed by atoms with Crippen LogP contribution >= 0.6 is 0 Å². The third-order valence-electron chi connectivity index (χ3n) is 2.56. The molecule has 0 spiro atoms. The van der Waals surface area contributed by atoms with Gasteiger partial charge in [-0.15, -0.1) is 0 Å². The number of anilines is 1. The summed E-state index contributed by atoms with van der Waals surface area (Å²) in [5.74, 6) is -1.19. The Labute approximate surface area is 111 Å². The second-order valence-electron chi connectivity index (χ2n) is 4.09. The minimum atomic E-state index is -3.84. The van der Waals surface area contributed by atoms with Crippen LogP contribution in [0.25, 0.3) is 0 Å². The molecule has 5 N–H and O–H groups in total. The number of primary amides is 1. The van der Waals surface area contributed by atoms with E-state index in [-0.39, 0.29) is 35.5 Å². The van der Waals surface area contributed by atoms with Crippen molar-refractivity contribution in [1.82, 2.24) is 4.72 Å². The van der Waals surface area contributed by atoms with Crippen LogP contribution in [0.15, 0.2) is 17.0 Å². The van der Waals surface area contributed by atoms with Gasteiger partial charge < -0.3 is 11.5 Å². The van der Waals surface area contributed by atoms with Crippen molar-refractivity contribution in [3.05, 3.63) is 23.5 Å². The van der Waals surface area contributed by atoms with Gasteiger partial charge in [0.25, 0.3) is 0 Å². The molecule has 1 aromatic rings. The minimum Gasteiger partial charge on any atom is -0.398 e. The molecule has 0 aliphatic heterocycles. The monoisotopic (exact) mass is 289 g/mol. The van der Waals surface area contributed by atoms with Crippen molar-refractivity contribution in [2.75, 3.05) is 12.3 Å². The molecular formula is C11H16FN3O3S. The highest BCUT2D eigenvalue weighted by Gasteiger charge is 2.16. The van der Waals surface area contributed by atoms with Gasteiger partial charge in [-0.2, -0.15) is 0 Å². The van der Waals surface area contributed by atoms with Crippen LogP contribution in [0.5, 0.6) is 0 Å². The summed E-state index contributed by atoms with van der Waals surface area (Å²) in [5.41, 5.74) is 10.7. The summed E-state index contributed by atoms with van der Waals surface area (Å²) in [6, 6.07) is 2.09. The Balaban J connectivity index is 2.80. The highest BCUT2D eigenvalue weighted by molar-refractivity contribution is 7.89. The van der Waals surface area contributed by atoms with Gasteiger partial charge in [0.2, 0.25) is 15.9 Å². The van der Waals surface area contributed by atoms with Crippen molar-refractivity contribution in [3.63, 3.8) is 0 Å². The van der Waals surface area contributed by atoms with Gasteiger partial charge in [0.1, 0.15) is 5.82 Å². The Morgan fingerprint density at radius 1 is 1.42 bits per heavy atom. The van der Waals surface area contributed by atoms with E-state index < -0.39 is 21.7 Å². The lowest BCUT2D eigenvalue weighted by molar-refractivity contribution is -0.118. The molecule has 0 aliphatic carbocycles. The summed E-state index contributed by atoms with van der Waals surface area (Å²) in [6.45, 7) is 1.50. The Kier molecular flexibility index (Phi) is 4.84. The van der Waals surface area contributed by atoms with Crippen LogP contribution < -0.4 is 16.2 Å². The number of sulfonamides is 1. The fourth-order valence-electron chi connectivity index (χ4n) is 1.38. The maximum Gasteiger partial charge on any atom is 0.240 e. The van der Waals surface area contributed by atoms with Crippen LogP contribution in [0.1, 0.15) is 18.4 Å². The third kappa shape index (κ3) is 4.18. The van der Waals surface area contributed by atoms with E-state index in [1.54, 1.807) is 0 Å². The lowest BCUT2D eigenvalue weighted by Crippen LogP contribution is -2.26. The number of hydrogen-bond acceptors (Lipinski definition) is 4. The first kappa shape index (κ1) is 15.4. The van der Waals surface area contributed by atoms with E-state index in [0.717, 1.165) is 6.07 Å². The van der Waals surface area contributed by atoms with Crippen molar-refractivity contribution >= 4 is 21.6 Å². The maximum absolute atomic E-state index is 13.4. The summed E-state index contributed by atoms with van der Waals surface area (Å²) in [4.78, 5) is 10.3. The largest absolute Gasteiger partial charge is 0.398 e. The molecule has 0 atom stereocenters. The van der Waals surface area contributed by atoms with E-state index in [9.17, 15) is 17.6 Å². The Morgan fingerprint density at radius 3 is 2.58 bits per heavy atom. The lowest BCUT2D eigenvalue weighted by Gasteiger charge is -2.09. The summed E-state index contributed by atoms with van der Waals surface area (Å²) >= 11 is 0. The molecule has 0 aromatic heterocycles. The van der Waals surface area contributed by atoms with E-state index in [1.165, 1.54) is 13.0 Å². The van der Waals surface area contributed by atoms with Gasteiger partial charge in [-0.05, 0) is 25.5 Å². The Bertz CT molecular complexity index is 564. The average Bonchev–Trinajstić information content (AvgIpc) is 2.31. The number of benzene rings is 1. The van der Waals surface area contributed by atoms with Crippen molar-refractivity contribution in [3.8, 4) is 0 Å². The second kappa shape index (κ2) is 5.98. The molecule has 0 fully saturated rings. The number of nitrogens with two attached hydrogens (primary N) is 2. The molecule has 0 saturated heterocycles. The number of amides is 1. The number of halogens is 1. The quantitative estimate of drug-likeness (QED) is 0.514. The van der Waals surface area contributed by atoms with Crippen LogP contribution in [0.3, 0.4) is 0 Å². The Morgan fingerprint density at radius 2 is 2.05 bits per heavy atom. The minimum absolute atomic E-state index is 0.0423. The summed E-state index contributed by atoms with van der Waals surface area (Å²) in [5, 5.41) is 0. The zero-order valence-electron chi connectivity index (χ0n) is 10.4. The SMILES string of the molecule is Cc1c(N)cc(S(=O)(=O)NCCCC(N)=O)cc1F. The number of rotatable bonds is 6. The molecule has 0 unspecified atom stereocenters.